The third-order valence-corrected chi connectivity index (χ3v) is 3.85. The Morgan fingerprint density at radius 2 is 1.81 bits per heavy atom. The average molecular weight is 342 g/mol. The van der Waals surface area contributed by atoms with E-state index in [1.807, 2.05) is 48.5 Å². The van der Waals surface area contributed by atoms with Gasteiger partial charge in [-0.05, 0) is 55.0 Å². The first kappa shape index (κ1) is 14.0. The third kappa shape index (κ3) is 3.37. The van der Waals surface area contributed by atoms with Crippen LogP contribution in [0.15, 0.2) is 69.6 Å². The maximum Gasteiger partial charge on any atom is 0.134 e. The van der Waals surface area contributed by atoms with Gasteiger partial charge in [-0.15, -0.1) is 0 Å². The van der Waals surface area contributed by atoms with Crippen molar-refractivity contribution in [3.8, 4) is 11.3 Å². The molecule has 0 fully saturated rings. The fourth-order valence-corrected chi connectivity index (χ4v) is 2.74. The highest BCUT2D eigenvalue weighted by Crippen LogP contribution is 2.28. The van der Waals surface area contributed by atoms with Crippen LogP contribution in [0.25, 0.3) is 11.3 Å². The van der Waals surface area contributed by atoms with Crippen molar-refractivity contribution in [3.05, 3.63) is 76.5 Å². The van der Waals surface area contributed by atoms with E-state index in [1.54, 1.807) is 0 Å². The van der Waals surface area contributed by atoms with E-state index >= 15 is 0 Å². The second kappa shape index (κ2) is 6.19. The molecule has 2 aromatic carbocycles. The Kier molecular flexibility index (Phi) is 4.11. The molecule has 3 heteroatoms. The molecule has 0 atom stereocenters. The monoisotopic (exact) mass is 341 g/mol. The van der Waals surface area contributed by atoms with Gasteiger partial charge in [0, 0.05) is 15.7 Å². The molecule has 0 saturated carbocycles. The van der Waals surface area contributed by atoms with E-state index in [1.165, 1.54) is 5.56 Å². The Morgan fingerprint density at radius 1 is 1.00 bits per heavy atom. The Morgan fingerprint density at radius 3 is 2.57 bits per heavy atom. The van der Waals surface area contributed by atoms with Gasteiger partial charge in [0.25, 0.3) is 0 Å². The molecule has 0 aliphatic heterocycles. The van der Waals surface area contributed by atoms with Crippen molar-refractivity contribution < 1.29 is 4.42 Å². The van der Waals surface area contributed by atoms with E-state index in [2.05, 4.69) is 40.3 Å². The van der Waals surface area contributed by atoms with Crippen LogP contribution in [0, 0.1) is 6.92 Å². The quantitative estimate of drug-likeness (QED) is 0.665. The molecule has 3 rings (SSSR count). The Balaban J connectivity index is 1.74. The van der Waals surface area contributed by atoms with Gasteiger partial charge in [-0.3, -0.25) is 0 Å². The van der Waals surface area contributed by atoms with Crippen molar-refractivity contribution in [2.75, 3.05) is 5.32 Å². The van der Waals surface area contributed by atoms with Gasteiger partial charge in [-0.1, -0.05) is 34.1 Å². The van der Waals surface area contributed by atoms with E-state index in [-0.39, 0.29) is 0 Å². The molecule has 0 saturated heterocycles. The van der Waals surface area contributed by atoms with Crippen molar-refractivity contribution in [2.24, 2.45) is 0 Å². The van der Waals surface area contributed by atoms with Crippen molar-refractivity contribution in [1.82, 2.24) is 0 Å². The van der Waals surface area contributed by atoms with Crippen LogP contribution in [0.2, 0.25) is 0 Å². The largest absolute Gasteiger partial charge is 0.459 e. The van der Waals surface area contributed by atoms with Gasteiger partial charge in [0.05, 0.1) is 6.54 Å². The van der Waals surface area contributed by atoms with E-state index in [0.717, 1.165) is 27.2 Å². The molecule has 0 amide bonds. The summed E-state index contributed by atoms with van der Waals surface area (Å²) in [7, 11) is 0. The number of hydrogen-bond acceptors (Lipinski definition) is 2. The van der Waals surface area contributed by atoms with Crippen LogP contribution in [-0.4, -0.2) is 0 Å². The number of benzene rings is 2. The van der Waals surface area contributed by atoms with Crippen LogP contribution < -0.4 is 5.32 Å². The summed E-state index contributed by atoms with van der Waals surface area (Å²) in [5.74, 6) is 1.83. The van der Waals surface area contributed by atoms with Gasteiger partial charge in [-0.2, -0.15) is 0 Å². The number of hydrogen-bond donors (Lipinski definition) is 1. The second-order valence-corrected chi connectivity index (χ2v) is 5.86. The molecular weight excluding hydrogens is 326 g/mol. The molecule has 1 N–H and O–H groups in total. The van der Waals surface area contributed by atoms with E-state index < -0.39 is 0 Å². The minimum absolute atomic E-state index is 0.680. The molecule has 0 aliphatic rings. The zero-order valence-electron chi connectivity index (χ0n) is 11.8. The minimum atomic E-state index is 0.680. The number of aryl methyl sites for hydroxylation is 1. The molecule has 3 aromatic rings. The molecule has 0 radical (unpaired) electrons. The number of furan rings is 1. The third-order valence-electron chi connectivity index (χ3n) is 3.36. The summed E-state index contributed by atoms with van der Waals surface area (Å²) >= 11 is 3.48. The topological polar surface area (TPSA) is 25.2 Å². The van der Waals surface area contributed by atoms with Crippen LogP contribution in [0.1, 0.15) is 11.3 Å². The van der Waals surface area contributed by atoms with Crippen LogP contribution in [-0.2, 0) is 6.54 Å². The molecule has 0 unspecified atom stereocenters. The Hall–Kier alpha value is -2.00. The molecule has 0 aliphatic carbocycles. The standard InChI is InChI=1S/C18H16BrNO/c1-13-11-14(19)7-9-17(13)18-10-8-16(21-18)12-20-15-5-3-2-4-6-15/h2-11,20H,12H2,1H3. The number of para-hydroxylation sites is 1. The molecule has 0 bridgehead atoms. The maximum absolute atomic E-state index is 5.93. The molecular formula is C18H16BrNO. The summed E-state index contributed by atoms with van der Waals surface area (Å²) < 4.78 is 7.02. The molecule has 21 heavy (non-hydrogen) atoms. The normalized spacial score (nSPS) is 10.6. The molecule has 0 spiro atoms. The summed E-state index contributed by atoms with van der Waals surface area (Å²) in [4.78, 5) is 0. The first-order chi connectivity index (χ1) is 10.2. The first-order valence-electron chi connectivity index (χ1n) is 6.86. The van der Waals surface area contributed by atoms with E-state index in [4.69, 9.17) is 4.42 Å². The smallest absolute Gasteiger partial charge is 0.134 e. The number of nitrogens with one attached hydrogen (secondary N) is 1. The predicted molar refractivity (Wildman–Crippen MR) is 90.3 cm³/mol. The summed E-state index contributed by atoms with van der Waals surface area (Å²) in [6, 6.07) is 20.4. The van der Waals surface area contributed by atoms with Crippen LogP contribution in [0.3, 0.4) is 0 Å². The second-order valence-electron chi connectivity index (χ2n) is 4.94. The molecule has 1 aromatic heterocycles. The van der Waals surface area contributed by atoms with Crippen molar-refractivity contribution in [1.29, 1.82) is 0 Å². The molecule has 2 nitrogen and oxygen atoms in total. The highest BCUT2D eigenvalue weighted by Gasteiger charge is 2.07. The Labute approximate surface area is 132 Å². The van der Waals surface area contributed by atoms with Crippen LogP contribution >= 0.6 is 15.9 Å². The van der Waals surface area contributed by atoms with Gasteiger partial charge in [0.2, 0.25) is 0 Å². The van der Waals surface area contributed by atoms with Crippen LogP contribution in [0.5, 0.6) is 0 Å². The average Bonchev–Trinajstić information content (AvgIpc) is 2.95. The lowest BCUT2D eigenvalue weighted by Crippen LogP contribution is -1.97. The van der Waals surface area contributed by atoms with Gasteiger partial charge in [-0.25, -0.2) is 0 Å². The zero-order chi connectivity index (χ0) is 14.7. The minimum Gasteiger partial charge on any atom is -0.459 e. The Bertz CT molecular complexity index is 734. The lowest BCUT2D eigenvalue weighted by molar-refractivity contribution is 0.531. The van der Waals surface area contributed by atoms with Gasteiger partial charge >= 0.3 is 0 Å². The number of anilines is 1. The number of halogens is 1. The lowest BCUT2D eigenvalue weighted by atomic mass is 10.1. The van der Waals surface area contributed by atoms with Crippen molar-refractivity contribution in [2.45, 2.75) is 13.5 Å². The van der Waals surface area contributed by atoms with E-state index in [0.29, 0.717) is 6.54 Å². The highest BCUT2D eigenvalue weighted by atomic mass is 79.9. The summed E-state index contributed by atoms with van der Waals surface area (Å²) in [6.07, 6.45) is 0. The van der Waals surface area contributed by atoms with Gasteiger partial charge in [0.15, 0.2) is 0 Å². The zero-order valence-corrected chi connectivity index (χ0v) is 13.4. The fraction of sp³-hybridized carbons (Fsp3) is 0.111. The summed E-state index contributed by atoms with van der Waals surface area (Å²) in [5, 5.41) is 3.35. The highest BCUT2D eigenvalue weighted by molar-refractivity contribution is 9.10. The van der Waals surface area contributed by atoms with Crippen LogP contribution in [0.4, 0.5) is 5.69 Å². The SMILES string of the molecule is Cc1cc(Br)ccc1-c1ccc(CNc2ccccc2)o1. The van der Waals surface area contributed by atoms with E-state index in [9.17, 15) is 0 Å². The first-order valence-corrected chi connectivity index (χ1v) is 7.66. The van der Waals surface area contributed by atoms with Gasteiger partial charge < -0.3 is 9.73 Å². The van der Waals surface area contributed by atoms with Crippen molar-refractivity contribution >= 4 is 21.6 Å². The molecule has 1 heterocycles. The lowest BCUT2D eigenvalue weighted by Gasteiger charge is -2.05. The fourth-order valence-electron chi connectivity index (χ4n) is 2.27. The maximum atomic E-state index is 5.93. The van der Waals surface area contributed by atoms with Crippen molar-refractivity contribution in [3.63, 3.8) is 0 Å². The predicted octanol–water partition coefficient (Wildman–Crippen LogP) is 5.63. The van der Waals surface area contributed by atoms with Gasteiger partial charge in [0.1, 0.15) is 11.5 Å². The molecule has 106 valence electrons. The summed E-state index contributed by atoms with van der Waals surface area (Å²) in [5.41, 5.74) is 3.42. The number of rotatable bonds is 4. The summed E-state index contributed by atoms with van der Waals surface area (Å²) in [6.45, 7) is 2.77.